The molecule has 2 unspecified atom stereocenters. The van der Waals surface area contributed by atoms with Gasteiger partial charge in [0, 0.05) is 18.1 Å². The molecule has 2 N–H and O–H groups in total. The van der Waals surface area contributed by atoms with Crippen molar-refractivity contribution in [2.45, 2.75) is 77.4 Å². The van der Waals surface area contributed by atoms with E-state index in [4.69, 9.17) is 0 Å². The molecule has 2 atom stereocenters. The minimum Gasteiger partial charge on any atom is -0.326 e. The largest absolute Gasteiger partial charge is 0.326 e. The summed E-state index contributed by atoms with van der Waals surface area (Å²) in [5.74, 6) is 0.220. The van der Waals surface area contributed by atoms with Crippen LogP contribution in [0.1, 0.15) is 70.8 Å². The van der Waals surface area contributed by atoms with Crippen molar-refractivity contribution in [1.29, 1.82) is 0 Å². The number of hydrogen-bond acceptors (Lipinski definition) is 6. The van der Waals surface area contributed by atoms with Gasteiger partial charge in [0.05, 0.1) is 5.71 Å². The molecule has 9 heteroatoms. The first-order valence-corrected chi connectivity index (χ1v) is 12.7. The Bertz CT molecular complexity index is 885. The number of likely N-dealkylation sites (N-methyl/N-ethyl adjacent to an activating group) is 1. The topological polar surface area (TPSA) is 89.4 Å². The Labute approximate surface area is 205 Å². The SMILES string of the molecule is CCCCCCCCCCN1C(N/N=C(/C)c2ccc(Br)cc2)=NC2C1C(=O)NC(=O)N2C. The molecule has 8 nitrogen and oxygen atoms in total. The number of benzene rings is 1. The van der Waals surface area contributed by atoms with Crippen LogP contribution in [0, 0.1) is 0 Å². The molecule has 0 spiro atoms. The molecule has 2 aliphatic rings. The molecule has 1 aromatic carbocycles. The number of urea groups is 1. The molecule has 3 amide bonds. The summed E-state index contributed by atoms with van der Waals surface area (Å²) in [5, 5.41) is 6.96. The molecule has 33 heavy (non-hydrogen) atoms. The Kier molecular flexibility index (Phi) is 9.29. The highest BCUT2D eigenvalue weighted by Gasteiger charge is 2.48. The zero-order valence-corrected chi connectivity index (χ0v) is 21.4. The van der Waals surface area contributed by atoms with Gasteiger partial charge in [-0.3, -0.25) is 10.1 Å². The molecule has 2 aliphatic heterocycles. The Morgan fingerprint density at radius 2 is 1.73 bits per heavy atom. The number of carbonyl (C=O) groups is 2. The minimum absolute atomic E-state index is 0.308. The highest BCUT2D eigenvalue weighted by Crippen LogP contribution is 2.24. The molecule has 0 aliphatic carbocycles. The predicted octanol–water partition coefficient (Wildman–Crippen LogP) is 4.45. The quantitative estimate of drug-likeness (QED) is 0.257. The fourth-order valence-electron chi connectivity index (χ4n) is 4.17. The van der Waals surface area contributed by atoms with Crippen molar-refractivity contribution in [3.05, 3.63) is 34.3 Å². The van der Waals surface area contributed by atoms with Crippen LogP contribution in [0.25, 0.3) is 0 Å². The van der Waals surface area contributed by atoms with Crippen LogP contribution in [0.15, 0.2) is 38.8 Å². The van der Waals surface area contributed by atoms with Crippen molar-refractivity contribution in [2.24, 2.45) is 10.1 Å². The molecular weight excluding hydrogens is 484 g/mol. The standard InChI is InChI=1S/C24H35BrN6O2/c1-4-5-6-7-8-9-10-11-16-31-20-21(30(3)24(33)27-22(20)32)26-23(31)29-28-17(2)18-12-14-19(25)15-13-18/h12-15,20-21H,4-11,16H2,1-3H3,(H,26,29)(H,27,32,33)/b28-17-. The number of halogens is 1. The molecule has 0 radical (unpaired) electrons. The summed E-state index contributed by atoms with van der Waals surface area (Å²) < 4.78 is 1.01. The molecule has 0 bridgehead atoms. The van der Waals surface area contributed by atoms with E-state index in [-0.39, 0.29) is 5.91 Å². The average Bonchev–Trinajstić information content (AvgIpc) is 3.17. The number of amides is 3. The number of nitrogens with one attached hydrogen (secondary N) is 2. The van der Waals surface area contributed by atoms with Gasteiger partial charge in [0.25, 0.3) is 5.91 Å². The molecule has 180 valence electrons. The number of imide groups is 1. The van der Waals surface area contributed by atoms with Gasteiger partial charge in [0.1, 0.15) is 0 Å². The van der Waals surface area contributed by atoms with Gasteiger partial charge in [-0.2, -0.15) is 5.10 Å². The van der Waals surface area contributed by atoms with Crippen molar-refractivity contribution in [1.82, 2.24) is 20.5 Å². The van der Waals surface area contributed by atoms with Gasteiger partial charge in [-0.05, 0) is 31.0 Å². The number of nitrogens with zero attached hydrogens (tertiary/aromatic N) is 4. The van der Waals surface area contributed by atoms with Crippen LogP contribution in [-0.2, 0) is 4.79 Å². The van der Waals surface area contributed by atoms with E-state index in [9.17, 15) is 9.59 Å². The number of aliphatic imine (C=N–C) groups is 1. The molecule has 2 heterocycles. The van der Waals surface area contributed by atoms with Crippen LogP contribution >= 0.6 is 15.9 Å². The van der Waals surface area contributed by atoms with E-state index in [2.05, 4.69) is 43.7 Å². The zero-order valence-electron chi connectivity index (χ0n) is 19.8. The molecule has 0 aromatic heterocycles. The number of rotatable bonds is 11. The van der Waals surface area contributed by atoms with Crippen LogP contribution < -0.4 is 10.7 Å². The van der Waals surface area contributed by atoms with Crippen molar-refractivity contribution in [3.63, 3.8) is 0 Å². The summed E-state index contributed by atoms with van der Waals surface area (Å²) in [6.07, 6.45) is 9.11. The maximum Gasteiger partial charge on any atom is 0.325 e. The molecule has 1 saturated heterocycles. The van der Waals surface area contributed by atoms with Crippen LogP contribution in [0.5, 0.6) is 0 Å². The normalized spacial score (nSPS) is 20.6. The van der Waals surface area contributed by atoms with Crippen molar-refractivity contribution in [3.8, 4) is 0 Å². The number of fused-ring (bicyclic) bond motifs is 1. The second-order valence-electron chi connectivity index (χ2n) is 8.70. The van der Waals surface area contributed by atoms with Crippen LogP contribution in [0.3, 0.4) is 0 Å². The van der Waals surface area contributed by atoms with Crippen LogP contribution in [-0.4, -0.2) is 59.2 Å². The van der Waals surface area contributed by atoms with Gasteiger partial charge in [0.2, 0.25) is 5.96 Å². The fraction of sp³-hybridized carbons (Fsp3) is 0.583. The van der Waals surface area contributed by atoms with E-state index in [1.165, 1.54) is 43.4 Å². The summed E-state index contributed by atoms with van der Waals surface area (Å²) in [5.41, 5.74) is 4.86. The lowest BCUT2D eigenvalue weighted by Crippen LogP contribution is -2.64. The second-order valence-corrected chi connectivity index (χ2v) is 9.62. The fourth-order valence-corrected chi connectivity index (χ4v) is 4.43. The molecule has 1 fully saturated rings. The Morgan fingerprint density at radius 3 is 2.39 bits per heavy atom. The van der Waals surface area contributed by atoms with Crippen molar-refractivity contribution >= 4 is 39.5 Å². The molecule has 0 saturated carbocycles. The summed E-state index contributed by atoms with van der Waals surface area (Å²) in [6, 6.07) is 6.94. The Morgan fingerprint density at radius 1 is 1.09 bits per heavy atom. The third-order valence-electron chi connectivity index (χ3n) is 6.20. The third-order valence-corrected chi connectivity index (χ3v) is 6.73. The molecule has 1 aromatic rings. The monoisotopic (exact) mass is 518 g/mol. The first-order chi connectivity index (χ1) is 15.9. The zero-order chi connectivity index (χ0) is 23.8. The highest BCUT2D eigenvalue weighted by molar-refractivity contribution is 9.10. The van der Waals surface area contributed by atoms with Crippen LogP contribution in [0.4, 0.5) is 4.79 Å². The van der Waals surface area contributed by atoms with Gasteiger partial charge in [0.15, 0.2) is 12.2 Å². The van der Waals surface area contributed by atoms with Gasteiger partial charge in [-0.15, -0.1) is 0 Å². The molecular formula is C24H35BrN6O2. The van der Waals surface area contributed by atoms with Gasteiger partial charge in [-0.25, -0.2) is 15.2 Å². The van der Waals surface area contributed by atoms with E-state index >= 15 is 0 Å². The summed E-state index contributed by atoms with van der Waals surface area (Å²) in [6.45, 7) is 4.83. The van der Waals surface area contributed by atoms with E-state index in [0.717, 1.165) is 28.6 Å². The first kappa shape index (κ1) is 25.2. The third kappa shape index (κ3) is 6.56. The van der Waals surface area contributed by atoms with E-state index in [1.54, 1.807) is 7.05 Å². The van der Waals surface area contributed by atoms with E-state index in [0.29, 0.717) is 12.5 Å². The van der Waals surface area contributed by atoms with Crippen molar-refractivity contribution in [2.75, 3.05) is 13.6 Å². The van der Waals surface area contributed by atoms with Crippen molar-refractivity contribution < 1.29 is 9.59 Å². The molecule has 3 rings (SSSR count). The number of guanidine groups is 1. The number of carbonyl (C=O) groups excluding carboxylic acids is 2. The first-order valence-electron chi connectivity index (χ1n) is 11.9. The number of hydrogen-bond donors (Lipinski definition) is 2. The number of unbranched alkanes of at least 4 members (excludes halogenated alkanes) is 7. The second kappa shape index (κ2) is 12.2. The lowest BCUT2D eigenvalue weighted by atomic mass is 10.1. The smallest absolute Gasteiger partial charge is 0.325 e. The van der Waals surface area contributed by atoms with Gasteiger partial charge < -0.3 is 9.80 Å². The minimum atomic E-state index is -0.550. The lowest BCUT2D eigenvalue weighted by molar-refractivity contribution is -0.127. The number of hydrazone groups is 1. The van der Waals surface area contributed by atoms with E-state index < -0.39 is 18.2 Å². The highest BCUT2D eigenvalue weighted by atomic mass is 79.9. The van der Waals surface area contributed by atoms with Gasteiger partial charge >= 0.3 is 6.03 Å². The predicted molar refractivity (Wildman–Crippen MR) is 135 cm³/mol. The summed E-state index contributed by atoms with van der Waals surface area (Å²) in [7, 11) is 1.66. The maximum atomic E-state index is 12.7. The summed E-state index contributed by atoms with van der Waals surface area (Å²) in [4.78, 5) is 32.9. The lowest BCUT2D eigenvalue weighted by Gasteiger charge is -2.36. The van der Waals surface area contributed by atoms with E-state index in [1.807, 2.05) is 36.1 Å². The Hall–Kier alpha value is -2.42. The Balaban J connectivity index is 1.65. The van der Waals surface area contributed by atoms with Crippen LogP contribution in [0.2, 0.25) is 0 Å². The maximum absolute atomic E-state index is 12.7. The van der Waals surface area contributed by atoms with Gasteiger partial charge in [-0.1, -0.05) is 79.9 Å². The summed E-state index contributed by atoms with van der Waals surface area (Å²) >= 11 is 3.45. The average molecular weight is 519 g/mol.